The van der Waals surface area contributed by atoms with Crippen LogP contribution in [0, 0.1) is 0 Å². The lowest BCUT2D eigenvalue weighted by Gasteiger charge is -2.21. The minimum Gasteiger partial charge on any atom is -0.235 e. The van der Waals surface area contributed by atoms with Gasteiger partial charge in [-0.2, -0.15) is 0 Å². The third kappa shape index (κ3) is 1.57. The van der Waals surface area contributed by atoms with E-state index in [1.165, 1.54) is 38.5 Å². The van der Waals surface area contributed by atoms with Crippen LogP contribution >= 0.6 is 0 Å². The van der Waals surface area contributed by atoms with Gasteiger partial charge in [-0.3, -0.25) is 0 Å². The fourth-order valence-electron chi connectivity index (χ4n) is 2.15. The van der Waals surface area contributed by atoms with E-state index in [0.29, 0.717) is 0 Å². The molecular weight excluding hydrogens is 136 g/mol. The Bertz CT molecular complexity index is 130. The van der Waals surface area contributed by atoms with Crippen LogP contribution in [0.4, 0.5) is 0 Å². The fraction of sp³-hybridized carbons (Fsp3) is 1.00. The minimum absolute atomic E-state index is 0.720. The van der Waals surface area contributed by atoms with Gasteiger partial charge in [-0.25, -0.2) is 10.4 Å². The van der Waals surface area contributed by atoms with Gasteiger partial charge in [0.1, 0.15) is 0 Å². The standard InChI is InChI=1S/C9H18N2/c1-2-9-10-11(9)8-6-4-3-5-7-8/h8-10H,2-7H2,1H3. The van der Waals surface area contributed by atoms with Crippen LogP contribution in [0.5, 0.6) is 0 Å². The lowest BCUT2D eigenvalue weighted by molar-refractivity contribution is 0.266. The molecule has 1 aliphatic heterocycles. The Labute approximate surface area is 68.9 Å². The van der Waals surface area contributed by atoms with Gasteiger partial charge in [-0.1, -0.05) is 26.2 Å². The first-order valence-corrected chi connectivity index (χ1v) is 4.96. The number of rotatable bonds is 2. The SMILES string of the molecule is CCC1NN1C1CCCCC1. The summed E-state index contributed by atoms with van der Waals surface area (Å²) in [5.41, 5.74) is 3.42. The Morgan fingerprint density at radius 1 is 1.27 bits per heavy atom. The predicted octanol–water partition coefficient (Wildman–Crippen LogP) is 1.88. The number of hydrogen-bond donors (Lipinski definition) is 1. The molecule has 0 aromatic carbocycles. The van der Waals surface area contributed by atoms with E-state index in [0.717, 1.165) is 12.2 Å². The normalized spacial score (nSPS) is 39.0. The molecule has 1 N–H and O–H groups in total. The van der Waals surface area contributed by atoms with Gasteiger partial charge in [-0.05, 0) is 19.3 Å². The Kier molecular flexibility index (Phi) is 2.14. The molecule has 2 aliphatic rings. The molecule has 2 nitrogen and oxygen atoms in total. The van der Waals surface area contributed by atoms with Gasteiger partial charge in [0, 0.05) is 6.04 Å². The van der Waals surface area contributed by atoms with Gasteiger partial charge >= 0.3 is 0 Å². The van der Waals surface area contributed by atoms with Crippen molar-refractivity contribution in [3.05, 3.63) is 0 Å². The fourth-order valence-corrected chi connectivity index (χ4v) is 2.15. The predicted molar refractivity (Wildman–Crippen MR) is 45.9 cm³/mol. The molecule has 0 bridgehead atoms. The zero-order chi connectivity index (χ0) is 7.68. The molecular formula is C9H18N2. The molecule has 1 aliphatic carbocycles. The zero-order valence-corrected chi connectivity index (χ0v) is 7.34. The molecule has 1 saturated carbocycles. The summed E-state index contributed by atoms with van der Waals surface area (Å²) in [5.74, 6) is 0. The largest absolute Gasteiger partial charge is 0.235 e. The summed E-state index contributed by atoms with van der Waals surface area (Å²) in [6, 6.07) is 0.869. The Morgan fingerprint density at radius 2 is 2.00 bits per heavy atom. The molecule has 0 aromatic heterocycles. The molecule has 0 amide bonds. The molecule has 2 fully saturated rings. The molecule has 0 radical (unpaired) electrons. The number of hydrogen-bond acceptors (Lipinski definition) is 2. The molecule has 2 heteroatoms. The molecule has 2 atom stereocenters. The lowest BCUT2D eigenvalue weighted by atomic mass is 9.95. The van der Waals surface area contributed by atoms with E-state index < -0.39 is 0 Å². The van der Waals surface area contributed by atoms with Crippen LogP contribution in [0.2, 0.25) is 0 Å². The Balaban J connectivity index is 1.77. The second-order valence-electron chi connectivity index (χ2n) is 3.75. The van der Waals surface area contributed by atoms with Crippen LogP contribution in [0.1, 0.15) is 45.4 Å². The molecule has 11 heavy (non-hydrogen) atoms. The first-order chi connectivity index (χ1) is 5.42. The van der Waals surface area contributed by atoms with Gasteiger partial charge in [0.2, 0.25) is 0 Å². The average molecular weight is 154 g/mol. The maximum absolute atomic E-state index is 3.42. The van der Waals surface area contributed by atoms with Crippen LogP contribution in [0.3, 0.4) is 0 Å². The molecule has 2 rings (SSSR count). The van der Waals surface area contributed by atoms with E-state index >= 15 is 0 Å². The Hall–Kier alpha value is -0.0800. The van der Waals surface area contributed by atoms with Crippen molar-refractivity contribution in [2.24, 2.45) is 0 Å². The van der Waals surface area contributed by atoms with E-state index in [1.54, 1.807) is 0 Å². The summed E-state index contributed by atoms with van der Waals surface area (Å²) in [4.78, 5) is 0. The van der Waals surface area contributed by atoms with Crippen LogP contribution < -0.4 is 5.43 Å². The van der Waals surface area contributed by atoms with Crippen LogP contribution in [0.15, 0.2) is 0 Å². The second-order valence-corrected chi connectivity index (χ2v) is 3.75. The zero-order valence-electron chi connectivity index (χ0n) is 7.34. The molecule has 1 heterocycles. The first-order valence-electron chi connectivity index (χ1n) is 4.96. The van der Waals surface area contributed by atoms with Gasteiger partial charge in [0.15, 0.2) is 0 Å². The van der Waals surface area contributed by atoms with Crippen LogP contribution in [0.25, 0.3) is 0 Å². The number of nitrogens with one attached hydrogen (secondary N) is 1. The lowest BCUT2D eigenvalue weighted by Crippen LogP contribution is -2.24. The van der Waals surface area contributed by atoms with Crippen molar-refractivity contribution in [1.82, 2.24) is 10.4 Å². The summed E-state index contributed by atoms with van der Waals surface area (Å²) in [7, 11) is 0. The summed E-state index contributed by atoms with van der Waals surface area (Å²) >= 11 is 0. The number of hydrazine groups is 1. The van der Waals surface area contributed by atoms with Crippen molar-refractivity contribution in [2.45, 2.75) is 57.7 Å². The second kappa shape index (κ2) is 3.11. The van der Waals surface area contributed by atoms with Gasteiger partial charge in [-0.15, -0.1) is 0 Å². The van der Waals surface area contributed by atoms with Crippen molar-refractivity contribution in [1.29, 1.82) is 0 Å². The highest BCUT2D eigenvalue weighted by Gasteiger charge is 2.37. The highest BCUT2D eigenvalue weighted by atomic mass is 15.8. The van der Waals surface area contributed by atoms with Crippen molar-refractivity contribution in [3.8, 4) is 0 Å². The van der Waals surface area contributed by atoms with Gasteiger partial charge in [0.05, 0.1) is 6.17 Å². The highest BCUT2D eigenvalue weighted by molar-refractivity contribution is 4.85. The topological polar surface area (TPSA) is 25.0 Å². The summed E-state index contributed by atoms with van der Waals surface area (Å²) < 4.78 is 0. The van der Waals surface area contributed by atoms with Gasteiger partial charge < -0.3 is 0 Å². The van der Waals surface area contributed by atoms with E-state index in [1.807, 2.05) is 0 Å². The quantitative estimate of drug-likeness (QED) is 0.614. The van der Waals surface area contributed by atoms with Crippen molar-refractivity contribution in [2.75, 3.05) is 0 Å². The summed E-state index contributed by atoms with van der Waals surface area (Å²) in [6.07, 6.45) is 9.17. The van der Waals surface area contributed by atoms with Crippen molar-refractivity contribution >= 4 is 0 Å². The molecule has 1 saturated heterocycles. The molecule has 0 aromatic rings. The summed E-state index contributed by atoms with van der Waals surface area (Å²) in [5, 5.41) is 2.46. The molecule has 2 unspecified atom stereocenters. The van der Waals surface area contributed by atoms with Gasteiger partial charge in [0.25, 0.3) is 0 Å². The maximum atomic E-state index is 3.42. The first kappa shape index (κ1) is 7.56. The minimum atomic E-state index is 0.720. The molecule has 0 spiro atoms. The maximum Gasteiger partial charge on any atom is 0.0864 e. The van der Waals surface area contributed by atoms with E-state index in [4.69, 9.17) is 0 Å². The number of nitrogens with zero attached hydrogens (tertiary/aromatic N) is 1. The smallest absolute Gasteiger partial charge is 0.0864 e. The molecule has 64 valence electrons. The highest BCUT2D eigenvalue weighted by Crippen LogP contribution is 2.28. The van der Waals surface area contributed by atoms with E-state index in [-0.39, 0.29) is 0 Å². The Morgan fingerprint density at radius 3 is 2.55 bits per heavy atom. The third-order valence-electron chi connectivity index (χ3n) is 2.92. The van der Waals surface area contributed by atoms with Crippen molar-refractivity contribution in [3.63, 3.8) is 0 Å². The monoisotopic (exact) mass is 154 g/mol. The van der Waals surface area contributed by atoms with E-state index in [2.05, 4.69) is 17.4 Å². The third-order valence-corrected chi connectivity index (χ3v) is 2.92. The average Bonchev–Trinajstić information content (AvgIpc) is 2.85. The van der Waals surface area contributed by atoms with Crippen LogP contribution in [-0.4, -0.2) is 17.2 Å². The van der Waals surface area contributed by atoms with Crippen LogP contribution in [-0.2, 0) is 0 Å². The summed E-state index contributed by atoms with van der Waals surface area (Å²) in [6.45, 7) is 2.25. The van der Waals surface area contributed by atoms with E-state index in [9.17, 15) is 0 Å². The van der Waals surface area contributed by atoms with Crippen molar-refractivity contribution < 1.29 is 0 Å².